The minimum atomic E-state index is -0.634. The number of aryl methyl sites for hydroxylation is 1. The number of nitrogens with zero attached hydrogens (tertiary/aromatic N) is 3. The van der Waals surface area contributed by atoms with Crippen LogP contribution in [-0.4, -0.2) is 53.0 Å². The Hall–Kier alpha value is -2.51. The minimum Gasteiger partial charge on any atom is -0.389 e. The summed E-state index contributed by atoms with van der Waals surface area (Å²) in [5.74, 6) is 0.911. The fourth-order valence-corrected chi connectivity index (χ4v) is 3.22. The number of carbonyl (C=O) groups excluding carboxylic acids is 1. The predicted octanol–water partition coefficient (Wildman–Crippen LogP) is 0.756. The number of hydrogen-bond acceptors (Lipinski definition) is 6. The van der Waals surface area contributed by atoms with Crippen LogP contribution in [0.2, 0.25) is 0 Å². The Bertz CT molecular complexity index is 763. The maximum atomic E-state index is 12.4. The maximum absolute atomic E-state index is 12.4. The van der Waals surface area contributed by atoms with Gasteiger partial charge in [-0.1, -0.05) is 31.2 Å². The Kier molecular flexibility index (Phi) is 6.03. The van der Waals surface area contributed by atoms with Gasteiger partial charge in [0.1, 0.15) is 0 Å². The van der Waals surface area contributed by atoms with Gasteiger partial charge in [0.15, 0.2) is 5.82 Å². The Morgan fingerprint density at radius 2 is 2.00 bits per heavy atom. The van der Waals surface area contributed by atoms with Crippen LogP contribution in [0, 0.1) is 6.92 Å². The first-order valence-electron chi connectivity index (χ1n) is 9.28. The lowest BCUT2D eigenvalue weighted by Gasteiger charge is -2.17. The van der Waals surface area contributed by atoms with Crippen LogP contribution >= 0.6 is 0 Å². The van der Waals surface area contributed by atoms with E-state index in [9.17, 15) is 9.90 Å². The molecule has 1 aromatic heterocycles. The SMILES string of the molecule is Cc1ccc(N2C[C@H](NC(=O)Cc3ccc(C(C)CN)cc3)[C@@H](O)C2)nn1. The lowest BCUT2D eigenvalue weighted by molar-refractivity contribution is -0.121. The second kappa shape index (κ2) is 8.45. The second-order valence-electron chi connectivity index (χ2n) is 7.23. The summed E-state index contributed by atoms with van der Waals surface area (Å²) >= 11 is 0. The number of aromatic nitrogens is 2. The Balaban J connectivity index is 1.55. The molecular weight excluding hydrogens is 342 g/mol. The van der Waals surface area contributed by atoms with Crippen LogP contribution in [-0.2, 0) is 11.2 Å². The summed E-state index contributed by atoms with van der Waals surface area (Å²) in [7, 11) is 0. The number of hydrogen-bond donors (Lipinski definition) is 3. The largest absolute Gasteiger partial charge is 0.389 e. The van der Waals surface area contributed by atoms with Gasteiger partial charge in [0, 0.05) is 13.1 Å². The first-order chi connectivity index (χ1) is 13.0. The lowest BCUT2D eigenvalue weighted by Crippen LogP contribution is -2.43. The number of aliphatic hydroxyl groups is 1. The maximum Gasteiger partial charge on any atom is 0.224 e. The Morgan fingerprint density at radius 3 is 2.63 bits per heavy atom. The molecule has 7 nitrogen and oxygen atoms in total. The van der Waals surface area contributed by atoms with E-state index >= 15 is 0 Å². The number of anilines is 1. The van der Waals surface area contributed by atoms with Crippen molar-refractivity contribution in [1.29, 1.82) is 0 Å². The van der Waals surface area contributed by atoms with E-state index in [-0.39, 0.29) is 18.4 Å². The first kappa shape index (κ1) is 19.3. The third kappa shape index (κ3) is 4.81. The monoisotopic (exact) mass is 369 g/mol. The zero-order chi connectivity index (χ0) is 19.4. The van der Waals surface area contributed by atoms with Crippen molar-refractivity contribution >= 4 is 11.7 Å². The molecule has 2 heterocycles. The van der Waals surface area contributed by atoms with Crippen molar-refractivity contribution in [3.8, 4) is 0 Å². The topological polar surface area (TPSA) is 104 Å². The van der Waals surface area contributed by atoms with Crippen molar-refractivity contribution < 1.29 is 9.90 Å². The Labute approximate surface area is 159 Å². The summed E-state index contributed by atoms with van der Waals surface area (Å²) in [6, 6.07) is 11.4. The van der Waals surface area contributed by atoms with Gasteiger partial charge in [0.05, 0.1) is 24.3 Å². The molecule has 7 heteroatoms. The molecule has 1 aliphatic rings. The van der Waals surface area contributed by atoms with Gasteiger partial charge in [-0.25, -0.2) is 0 Å². The van der Waals surface area contributed by atoms with E-state index in [1.165, 1.54) is 5.56 Å². The van der Waals surface area contributed by atoms with E-state index in [2.05, 4.69) is 22.4 Å². The van der Waals surface area contributed by atoms with E-state index < -0.39 is 6.10 Å². The van der Waals surface area contributed by atoms with Gasteiger partial charge in [-0.05, 0) is 42.6 Å². The highest BCUT2D eigenvalue weighted by molar-refractivity contribution is 5.79. The molecule has 1 unspecified atom stereocenters. The van der Waals surface area contributed by atoms with Crippen LogP contribution in [0.25, 0.3) is 0 Å². The molecule has 4 N–H and O–H groups in total. The van der Waals surface area contributed by atoms with Gasteiger partial charge < -0.3 is 21.1 Å². The highest BCUT2D eigenvalue weighted by Crippen LogP contribution is 2.18. The highest BCUT2D eigenvalue weighted by atomic mass is 16.3. The molecule has 1 fully saturated rings. The Morgan fingerprint density at radius 1 is 1.26 bits per heavy atom. The normalized spacial score (nSPS) is 20.5. The summed E-state index contributed by atoms with van der Waals surface area (Å²) in [4.78, 5) is 14.3. The van der Waals surface area contributed by atoms with Crippen molar-refractivity contribution in [3.63, 3.8) is 0 Å². The average molecular weight is 369 g/mol. The van der Waals surface area contributed by atoms with Crippen molar-refractivity contribution in [1.82, 2.24) is 15.5 Å². The number of amides is 1. The minimum absolute atomic E-state index is 0.101. The molecule has 0 aliphatic carbocycles. The number of nitrogens with one attached hydrogen (secondary N) is 1. The summed E-state index contributed by atoms with van der Waals surface area (Å²) < 4.78 is 0. The molecular formula is C20H27N5O2. The lowest BCUT2D eigenvalue weighted by atomic mass is 9.99. The fourth-order valence-electron chi connectivity index (χ4n) is 3.22. The van der Waals surface area contributed by atoms with E-state index in [1.807, 2.05) is 48.2 Å². The molecule has 144 valence electrons. The van der Waals surface area contributed by atoms with Crippen LogP contribution in [0.4, 0.5) is 5.82 Å². The first-order valence-corrected chi connectivity index (χ1v) is 9.28. The van der Waals surface area contributed by atoms with Crippen LogP contribution in [0.5, 0.6) is 0 Å². The third-order valence-electron chi connectivity index (χ3n) is 5.01. The zero-order valence-electron chi connectivity index (χ0n) is 15.8. The summed E-state index contributed by atoms with van der Waals surface area (Å²) in [5.41, 5.74) is 8.64. The molecule has 27 heavy (non-hydrogen) atoms. The van der Waals surface area contributed by atoms with Gasteiger partial charge >= 0.3 is 0 Å². The number of aliphatic hydroxyl groups excluding tert-OH is 1. The molecule has 1 saturated heterocycles. The molecule has 0 radical (unpaired) electrons. The molecule has 3 rings (SSSR count). The number of nitrogens with two attached hydrogens (primary N) is 1. The number of rotatable bonds is 6. The van der Waals surface area contributed by atoms with Gasteiger partial charge in [-0.2, -0.15) is 5.10 Å². The molecule has 3 atom stereocenters. The van der Waals surface area contributed by atoms with Gasteiger partial charge in [0.25, 0.3) is 0 Å². The summed E-state index contributed by atoms with van der Waals surface area (Å²) in [6.07, 6.45) is -0.352. The van der Waals surface area contributed by atoms with Crippen LogP contribution in [0.3, 0.4) is 0 Å². The van der Waals surface area contributed by atoms with Crippen LogP contribution in [0.15, 0.2) is 36.4 Å². The standard InChI is InChI=1S/C20H27N5O2/c1-13(10-21)16-6-4-15(5-7-16)9-20(27)22-17-11-25(12-18(17)26)19-8-3-14(2)23-24-19/h3-8,13,17-18,26H,9-12,21H2,1-2H3,(H,22,27)/t13?,17-,18-/m0/s1. The number of benzene rings is 1. The highest BCUT2D eigenvalue weighted by Gasteiger charge is 2.33. The van der Waals surface area contributed by atoms with E-state index in [0.717, 1.165) is 11.3 Å². The van der Waals surface area contributed by atoms with Crippen molar-refractivity contribution in [2.24, 2.45) is 5.73 Å². The predicted molar refractivity (Wildman–Crippen MR) is 105 cm³/mol. The number of carbonyl (C=O) groups is 1. The molecule has 0 saturated carbocycles. The van der Waals surface area contributed by atoms with Crippen LogP contribution < -0.4 is 16.0 Å². The van der Waals surface area contributed by atoms with Gasteiger partial charge in [0.2, 0.25) is 5.91 Å². The van der Waals surface area contributed by atoms with Crippen molar-refractivity contribution in [2.45, 2.75) is 38.3 Å². The molecule has 1 aromatic carbocycles. The van der Waals surface area contributed by atoms with E-state index in [1.54, 1.807) is 0 Å². The van der Waals surface area contributed by atoms with Gasteiger partial charge in [-0.15, -0.1) is 5.10 Å². The van der Waals surface area contributed by atoms with Gasteiger partial charge in [-0.3, -0.25) is 4.79 Å². The summed E-state index contributed by atoms with van der Waals surface area (Å²) in [6.45, 7) is 5.49. The molecule has 1 aliphatic heterocycles. The second-order valence-corrected chi connectivity index (χ2v) is 7.23. The van der Waals surface area contributed by atoms with E-state index in [4.69, 9.17) is 5.73 Å². The smallest absolute Gasteiger partial charge is 0.224 e. The van der Waals surface area contributed by atoms with Crippen LogP contribution in [0.1, 0.15) is 29.7 Å². The number of β-amino-alcohol motifs (C(OH)–C–C–N with tert-alkyl or cyclic N) is 1. The van der Waals surface area contributed by atoms with E-state index in [0.29, 0.717) is 31.4 Å². The fraction of sp³-hybridized carbons (Fsp3) is 0.450. The quantitative estimate of drug-likeness (QED) is 0.694. The molecule has 0 bridgehead atoms. The third-order valence-corrected chi connectivity index (χ3v) is 5.01. The summed E-state index contributed by atoms with van der Waals surface area (Å²) in [5, 5.41) is 21.4. The van der Waals surface area contributed by atoms with Crippen molar-refractivity contribution in [2.75, 3.05) is 24.5 Å². The molecule has 0 spiro atoms. The zero-order valence-corrected chi connectivity index (χ0v) is 15.8. The van der Waals surface area contributed by atoms with Crippen molar-refractivity contribution in [3.05, 3.63) is 53.2 Å². The average Bonchev–Trinajstić information content (AvgIpc) is 3.02. The molecule has 1 amide bonds. The molecule has 2 aromatic rings.